The number of hydrogen-bond donors (Lipinski definition) is 3. The van der Waals surface area contributed by atoms with Crippen molar-refractivity contribution in [1.82, 2.24) is 10.6 Å². The maximum Gasteiger partial charge on any atom is 0.309 e. The topological polar surface area (TPSA) is 98.2 Å². The number of carbonyl (C=O) groups is 2. The van der Waals surface area contributed by atoms with Gasteiger partial charge in [-0.1, -0.05) is 0 Å². The summed E-state index contributed by atoms with van der Waals surface area (Å²) >= 11 is 0. The number of rotatable bonds is 6. The Labute approximate surface area is 145 Å². The van der Waals surface area contributed by atoms with E-state index in [9.17, 15) is 9.59 Å². The molecule has 0 aromatic carbocycles. The molecule has 3 heterocycles. The quantitative estimate of drug-likeness (QED) is 0.598. The van der Waals surface area contributed by atoms with Crippen molar-refractivity contribution in [2.75, 3.05) is 32.8 Å². The van der Waals surface area contributed by atoms with Crippen molar-refractivity contribution in [3.8, 4) is 0 Å². The average molecular weight is 348 g/mol. The van der Waals surface area contributed by atoms with Crippen LogP contribution in [0.1, 0.15) is 17.6 Å². The minimum atomic E-state index is -0.688. The summed E-state index contributed by atoms with van der Waals surface area (Å²) in [4.78, 5) is 25.2. The highest BCUT2D eigenvalue weighted by atomic mass is 16.5. The van der Waals surface area contributed by atoms with E-state index >= 15 is 0 Å². The highest BCUT2D eigenvalue weighted by Gasteiger charge is 2.29. The molecule has 1 saturated heterocycles. The third kappa shape index (κ3) is 4.71. The van der Waals surface area contributed by atoms with E-state index in [0.29, 0.717) is 25.5 Å². The number of furan rings is 2. The second-order valence-corrected chi connectivity index (χ2v) is 5.81. The van der Waals surface area contributed by atoms with Crippen LogP contribution < -0.4 is 15.5 Å². The lowest BCUT2D eigenvalue weighted by Crippen LogP contribution is -3.15. The van der Waals surface area contributed by atoms with Crippen LogP contribution in [0.4, 0.5) is 0 Å². The zero-order valence-electron chi connectivity index (χ0n) is 13.8. The zero-order chi connectivity index (χ0) is 17.5. The van der Waals surface area contributed by atoms with Gasteiger partial charge in [-0.2, -0.15) is 0 Å². The first-order chi connectivity index (χ1) is 12.2. The minimum Gasteiger partial charge on any atom is -0.467 e. The fourth-order valence-corrected chi connectivity index (χ4v) is 2.85. The van der Waals surface area contributed by atoms with Crippen molar-refractivity contribution in [2.45, 2.75) is 12.6 Å². The predicted molar refractivity (Wildman–Crippen MR) is 86.5 cm³/mol. The Kier molecular flexibility index (Phi) is 5.86. The van der Waals surface area contributed by atoms with Crippen molar-refractivity contribution in [3.05, 3.63) is 48.3 Å². The molecule has 0 bridgehead atoms. The average Bonchev–Trinajstić information content (AvgIpc) is 3.34. The van der Waals surface area contributed by atoms with Gasteiger partial charge in [-0.15, -0.1) is 0 Å². The molecule has 3 N–H and O–H groups in total. The Morgan fingerprint density at radius 1 is 1.04 bits per heavy atom. The van der Waals surface area contributed by atoms with E-state index in [1.165, 1.54) is 11.2 Å². The van der Waals surface area contributed by atoms with Gasteiger partial charge in [-0.05, 0) is 24.3 Å². The van der Waals surface area contributed by atoms with Gasteiger partial charge in [0.05, 0.1) is 38.8 Å². The largest absolute Gasteiger partial charge is 0.467 e. The number of amides is 2. The van der Waals surface area contributed by atoms with Crippen LogP contribution in [0.25, 0.3) is 0 Å². The summed E-state index contributed by atoms with van der Waals surface area (Å²) in [6.07, 6.45) is 3.13. The molecule has 1 aliphatic heterocycles. The molecule has 0 aliphatic carbocycles. The summed E-state index contributed by atoms with van der Waals surface area (Å²) in [5, 5.41) is 5.22. The van der Waals surface area contributed by atoms with Crippen LogP contribution in [0.5, 0.6) is 0 Å². The second-order valence-electron chi connectivity index (χ2n) is 5.81. The van der Waals surface area contributed by atoms with Crippen LogP contribution in [-0.2, 0) is 20.9 Å². The van der Waals surface area contributed by atoms with Gasteiger partial charge in [0.25, 0.3) is 0 Å². The molecule has 8 nitrogen and oxygen atoms in total. The Morgan fingerprint density at radius 3 is 2.44 bits per heavy atom. The van der Waals surface area contributed by atoms with Crippen LogP contribution in [0.15, 0.2) is 45.6 Å². The third-order valence-electron chi connectivity index (χ3n) is 4.19. The first-order valence-corrected chi connectivity index (χ1v) is 8.28. The normalized spacial score (nSPS) is 16.3. The zero-order valence-corrected chi connectivity index (χ0v) is 13.8. The molecule has 3 rings (SSSR count). The summed E-state index contributed by atoms with van der Waals surface area (Å²) in [5.41, 5.74) is 0. The Bertz CT molecular complexity index is 663. The molecule has 2 aromatic rings. The molecule has 2 aromatic heterocycles. The van der Waals surface area contributed by atoms with Crippen LogP contribution in [-0.4, -0.2) is 44.7 Å². The molecule has 0 unspecified atom stereocenters. The van der Waals surface area contributed by atoms with Crippen molar-refractivity contribution in [3.63, 3.8) is 0 Å². The first kappa shape index (κ1) is 17.2. The number of ether oxygens (including phenoxy) is 1. The standard InChI is InChI=1S/C17H21N3O5/c21-16(18-11-13-3-1-7-24-13)17(22)19-12-14(15-4-2-8-25-15)20-5-9-23-10-6-20/h1-4,7-8,14H,5-6,9-12H2,(H,18,21)(H,19,22)/p+1/t14-/m0/s1. The highest BCUT2D eigenvalue weighted by Crippen LogP contribution is 2.10. The second kappa shape index (κ2) is 8.50. The first-order valence-electron chi connectivity index (χ1n) is 8.28. The van der Waals surface area contributed by atoms with E-state index in [1.54, 1.807) is 18.4 Å². The smallest absolute Gasteiger partial charge is 0.309 e. The summed E-state index contributed by atoms with van der Waals surface area (Å²) in [6.45, 7) is 3.48. The molecule has 2 amide bonds. The summed E-state index contributed by atoms with van der Waals surface area (Å²) in [6, 6.07) is 7.10. The van der Waals surface area contributed by atoms with Gasteiger partial charge in [0.2, 0.25) is 0 Å². The number of quaternary nitrogens is 1. The lowest BCUT2D eigenvalue weighted by atomic mass is 10.1. The van der Waals surface area contributed by atoms with Gasteiger partial charge in [0, 0.05) is 0 Å². The monoisotopic (exact) mass is 348 g/mol. The van der Waals surface area contributed by atoms with Gasteiger partial charge < -0.3 is 29.1 Å². The molecule has 25 heavy (non-hydrogen) atoms. The molecular formula is C17H22N3O5+. The van der Waals surface area contributed by atoms with Crippen molar-refractivity contribution in [1.29, 1.82) is 0 Å². The van der Waals surface area contributed by atoms with Gasteiger partial charge in [-0.3, -0.25) is 9.59 Å². The fourth-order valence-electron chi connectivity index (χ4n) is 2.85. The molecular weight excluding hydrogens is 326 g/mol. The SMILES string of the molecule is O=C(NCc1ccco1)C(=O)NC[C@@H](c1ccco1)[NH+]1CCOCC1. The van der Waals surface area contributed by atoms with Crippen LogP contribution in [0, 0.1) is 0 Å². The van der Waals surface area contributed by atoms with Crippen LogP contribution in [0.2, 0.25) is 0 Å². The third-order valence-corrected chi connectivity index (χ3v) is 4.19. The number of hydrogen-bond acceptors (Lipinski definition) is 5. The molecule has 134 valence electrons. The predicted octanol–water partition coefficient (Wildman–Crippen LogP) is -0.739. The van der Waals surface area contributed by atoms with Gasteiger partial charge in [0.1, 0.15) is 18.8 Å². The lowest BCUT2D eigenvalue weighted by Gasteiger charge is -2.30. The summed E-state index contributed by atoms with van der Waals surface area (Å²) < 4.78 is 16.0. The number of carbonyl (C=O) groups excluding carboxylic acids is 2. The molecule has 0 spiro atoms. The van der Waals surface area contributed by atoms with Crippen molar-refractivity contribution in [2.24, 2.45) is 0 Å². The fraction of sp³-hybridized carbons (Fsp3) is 0.412. The van der Waals surface area contributed by atoms with Crippen LogP contribution in [0.3, 0.4) is 0 Å². The van der Waals surface area contributed by atoms with E-state index in [2.05, 4.69) is 10.6 Å². The van der Waals surface area contributed by atoms with E-state index < -0.39 is 11.8 Å². The summed E-state index contributed by atoms with van der Waals surface area (Å²) in [5.74, 6) is 0.0166. The van der Waals surface area contributed by atoms with E-state index in [1.807, 2.05) is 12.1 Å². The van der Waals surface area contributed by atoms with Gasteiger partial charge in [0.15, 0.2) is 11.8 Å². The molecule has 1 aliphatic rings. The Hall–Kier alpha value is -2.58. The van der Waals surface area contributed by atoms with Crippen LogP contribution >= 0.6 is 0 Å². The minimum absolute atomic E-state index is 0.0549. The Morgan fingerprint density at radius 2 is 1.76 bits per heavy atom. The lowest BCUT2D eigenvalue weighted by molar-refractivity contribution is -0.938. The molecule has 0 saturated carbocycles. The van der Waals surface area contributed by atoms with Crippen molar-refractivity contribution < 1.29 is 28.1 Å². The molecule has 1 fully saturated rings. The van der Waals surface area contributed by atoms with Gasteiger partial charge >= 0.3 is 11.8 Å². The van der Waals surface area contributed by atoms with Gasteiger partial charge in [-0.25, -0.2) is 0 Å². The van der Waals surface area contributed by atoms with E-state index in [0.717, 1.165) is 18.8 Å². The molecule has 0 radical (unpaired) electrons. The van der Waals surface area contributed by atoms with E-state index in [4.69, 9.17) is 13.6 Å². The van der Waals surface area contributed by atoms with Crippen molar-refractivity contribution >= 4 is 11.8 Å². The number of morpholine rings is 1. The number of nitrogens with one attached hydrogen (secondary N) is 3. The highest BCUT2D eigenvalue weighted by molar-refractivity contribution is 6.35. The molecule has 8 heteroatoms. The maximum absolute atomic E-state index is 12.0. The summed E-state index contributed by atoms with van der Waals surface area (Å²) in [7, 11) is 0. The molecule has 1 atom stereocenters. The Balaban J connectivity index is 1.52. The maximum atomic E-state index is 12.0. The van der Waals surface area contributed by atoms with E-state index in [-0.39, 0.29) is 12.6 Å².